The quantitative estimate of drug-likeness (QED) is 0.671. The van der Waals surface area contributed by atoms with Gasteiger partial charge < -0.3 is 5.32 Å². The van der Waals surface area contributed by atoms with Crippen LogP contribution in [0.3, 0.4) is 0 Å². The van der Waals surface area contributed by atoms with E-state index in [4.69, 9.17) is 0 Å². The highest BCUT2D eigenvalue weighted by Gasteiger charge is 2.20. The molecule has 1 N–H and O–H groups in total. The molecule has 0 bridgehead atoms. The van der Waals surface area contributed by atoms with Gasteiger partial charge in [-0.2, -0.15) is 0 Å². The summed E-state index contributed by atoms with van der Waals surface area (Å²) in [6.07, 6.45) is 0. The molecule has 8 heteroatoms. The maximum absolute atomic E-state index is 13.2. The number of rotatable bonds is 5. The second-order valence-corrected chi connectivity index (χ2v) is 6.86. The van der Waals surface area contributed by atoms with E-state index in [0.29, 0.717) is 0 Å². The van der Waals surface area contributed by atoms with E-state index >= 15 is 0 Å². The van der Waals surface area contributed by atoms with Crippen molar-refractivity contribution in [3.63, 3.8) is 0 Å². The number of hydrogen-bond donors (Lipinski definition) is 1. The van der Waals surface area contributed by atoms with Gasteiger partial charge in [-0.1, -0.05) is 0 Å². The Bertz CT molecular complexity index is 546. The first kappa shape index (κ1) is 15.7. The highest BCUT2D eigenvalue weighted by atomic mass is 32.2. The van der Waals surface area contributed by atoms with Crippen molar-refractivity contribution in [2.24, 2.45) is 0 Å². The van der Waals surface area contributed by atoms with E-state index in [-0.39, 0.29) is 12.6 Å². The fourth-order valence-electron chi connectivity index (χ4n) is 1.28. The second kappa shape index (κ2) is 5.77. The van der Waals surface area contributed by atoms with Crippen molar-refractivity contribution in [1.29, 1.82) is 0 Å². The number of hydrogen-bond acceptors (Lipinski definition) is 3. The Morgan fingerprint density at radius 3 is 2.00 bits per heavy atom. The standard InChI is InChI=1S/C11H13F4NO2S/c1-6(2)19(17,18)4-3-16-11-9(14)7(12)5-8(13)10(11)15/h5-6,16H,3-4H2,1-2H3. The van der Waals surface area contributed by atoms with Gasteiger partial charge in [0.25, 0.3) is 0 Å². The summed E-state index contributed by atoms with van der Waals surface area (Å²) in [5.74, 6) is -6.66. The summed E-state index contributed by atoms with van der Waals surface area (Å²) in [5, 5.41) is 1.42. The molecule has 0 unspecified atom stereocenters. The predicted octanol–water partition coefficient (Wildman–Crippen LogP) is 2.48. The van der Waals surface area contributed by atoms with Crippen LogP contribution >= 0.6 is 0 Å². The third-order valence-electron chi connectivity index (χ3n) is 2.52. The molecule has 0 saturated heterocycles. The lowest BCUT2D eigenvalue weighted by atomic mass is 10.2. The van der Waals surface area contributed by atoms with Crippen molar-refractivity contribution in [1.82, 2.24) is 0 Å². The molecule has 0 spiro atoms. The van der Waals surface area contributed by atoms with E-state index in [9.17, 15) is 26.0 Å². The molecule has 0 aliphatic rings. The lowest BCUT2D eigenvalue weighted by Crippen LogP contribution is -2.23. The maximum atomic E-state index is 13.2. The summed E-state index contributed by atoms with van der Waals surface area (Å²) >= 11 is 0. The molecular formula is C11H13F4NO2S. The van der Waals surface area contributed by atoms with Gasteiger partial charge in [-0.3, -0.25) is 0 Å². The van der Waals surface area contributed by atoms with Gasteiger partial charge in [0.05, 0.1) is 11.0 Å². The van der Waals surface area contributed by atoms with Crippen molar-refractivity contribution in [3.8, 4) is 0 Å². The van der Waals surface area contributed by atoms with Crippen LogP contribution < -0.4 is 5.32 Å². The zero-order valence-corrected chi connectivity index (χ0v) is 11.1. The minimum absolute atomic E-state index is 0.0840. The third kappa shape index (κ3) is 3.59. The fourth-order valence-corrected chi connectivity index (χ4v) is 2.14. The normalized spacial score (nSPS) is 11.9. The Labute approximate surface area is 108 Å². The molecule has 0 saturated carbocycles. The lowest BCUT2D eigenvalue weighted by molar-refractivity contribution is 0.458. The highest BCUT2D eigenvalue weighted by molar-refractivity contribution is 7.92. The van der Waals surface area contributed by atoms with Crippen LogP contribution in [0.5, 0.6) is 0 Å². The Kier molecular flexibility index (Phi) is 4.78. The van der Waals surface area contributed by atoms with Crippen molar-refractivity contribution in [2.75, 3.05) is 17.6 Å². The van der Waals surface area contributed by atoms with Crippen molar-refractivity contribution < 1.29 is 26.0 Å². The number of anilines is 1. The predicted molar refractivity (Wildman–Crippen MR) is 63.7 cm³/mol. The fraction of sp³-hybridized carbons (Fsp3) is 0.455. The average molecular weight is 299 g/mol. The largest absolute Gasteiger partial charge is 0.379 e. The molecule has 0 atom stereocenters. The van der Waals surface area contributed by atoms with E-state index in [0.717, 1.165) is 0 Å². The molecule has 0 aliphatic carbocycles. The van der Waals surface area contributed by atoms with Crippen LogP contribution in [0.4, 0.5) is 23.2 Å². The van der Waals surface area contributed by atoms with E-state index in [1.54, 1.807) is 0 Å². The van der Waals surface area contributed by atoms with E-state index in [1.165, 1.54) is 13.8 Å². The van der Waals surface area contributed by atoms with Crippen LogP contribution in [-0.2, 0) is 9.84 Å². The van der Waals surface area contributed by atoms with Gasteiger partial charge in [0, 0.05) is 12.6 Å². The summed E-state index contributed by atoms with van der Waals surface area (Å²) < 4.78 is 75.1. The number of benzene rings is 1. The SMILES string of the molecule is CC(C)S(=O)(=O)CCNc1c(F)c(F)cc(F)c1F. The molecule has 3 nitrogen and oxygen atoms in total. The van der Waals surface area contributed by atoms with Crippen LogP contribution in [0.1, 0.15) is 13.8 Å². The summed E-state index contributed by atoms with van der Waals surface area (Å²) in [7, 11) is -3.41. The van der Waals surface area contributed by atoms with Gasteiger partial charge in [-0.25, -0.2) is 26.0 Å². The molecule has 0 fully saturated rings. The van der Waals surface area contributed by atoms with Crippen molar-refractivity contribution in [2.45, 2.75) is 19.1 Å². The van der Waals surface area contributed by atoms with Gasteiger partial charge in [0.2, 0.25) is 0 Å². The first-order valence-corrected chi connectivity index (χ1v) is 7.16. The van der Waals surface area contributed by atoms with Crippen molar-refractivity contribution >= 4 is 15.5 Å². The molecule has 0 aromatic heterocycles. The molecule has 1 rings (SSSR count). The number of halogens is 4. The Morgan fingerprint density at radius 2 is 1.58 bits per heavy atom. The topological polar surface area (TPSA) is 46.2 Å². The molecule has 0 radical (unpaired) electrons. The van der Waals surface area contributed by atoms with Crippen LogP contribution in [0, 0.1) is 23.3 Å². The van der Waals surface area contributed by atoms with Crippen LogP contribution in [0.2, 0.25) is 0 Å². The number of sulfone groups is 1. The monoisotopic (exact) mass is 299 g/mol. The molecular weight excluding hydrogens is 286 g/mol. The molecule has 0 amide bonds. The highest BCUT2D eigenvalue weighted by Crippen LogP contribution is 2.23. The zero-order valence-electron chi connectivity index (χ0n) is 10.3. The molecule has 0 aliphatic heterocycles. The summed E-state index contributed by atoms with van der Waals surface area (Å²) in [5.41, 5.74) is -1.00. The third-order valence-corrected chi connectivity index (χ3v) is 4.73. The average Bonchev–Trinajstić information content (AvgIpc) is 2.31. The first-order valence-electron chi connectivity index (χ1n) is 5.45. The van der Waals surface area contributed by atoms with E-state index < -0.39 is 49.8 Å². The molecule has 108 valence electrons. The Balaban J connectivity index is 2.85. The van der Waals surface area contributed by atoms with Crippen molar-refractivity contribution in [3.05, 3.63) is 29.3 Å². The minimum Gasteiger partial charge on any atom is -0.379 e. The van der Waals surface area contributed by atoms with Gasteiger partial charge in [-0.15, -0.1) is 0 Å². The molecule has 19 heavy (non-hydrogen) atoms. The summed E-state index contributed by atoms with van der Waals surface area (Å²) in [4.78, 5) is 0. The van der Waals surface area contributed by atoms with Crippen LogP contribution in [-0.4, -0.2) is 26.0 Å². The van der Waals surface area contributed by atoms with Gasteiger partial charge in [0.15, 0.2) is 33.1 Å². The first-order chi connectivity index (χ1) is 8.66. The van der Waals surface area contributed by atoms with Crippen LogP contribution in [0.15, 0.2) is 6.07 Å². The molecule has 1 aromatic carbocycles. The smallest absolute Gasteiger partial charge is 0.185 e. The number of nitrogens with one attached hydrogen (secondary N) is 1. The Hall–Kier alpha value is -1.31. The summed E-state index contributed by atoms with van der Waals surface area (Å²) in [6.45, 7) is 2.56. The summed E-state index contributed by atoms with van der Waals surface area (Å²) in [6, 6.07) is 0.0840. The van der Waals surface area contributed by atoms with Gasteiger partial charge in [-0.05, 0) is 13.8 Å². The maximum Gasteiger partial charge on any atom is 0.185 e. The zero-order chi connectivity index (χ0) is 14.8. The molecule has 0 heterocycles. The second-order valence-electron chi connectivity index (χ2n) is 4.19. The van der Waals surface area contributed by atoms with E-state index in [2.05, 4.69) is 5.32 Å². The van der Waals surface area contributed by atoms with Gasteiger partial charge >= 0.3 is 0 Å². The molecule has 1 aromatic rings. The van der Waals surface area contributed by atoms with E-state index in [1.807, 2.05) is 0 Å². The van der Waals surface area contributed by atoms with Gasteiger partial charge in [0.1, 0.15) is 5.69 Å². The minimum atomic E-state index is -3.41. The lowest BCUT2D eigenvalue weighted by Gasteiger charge is -2.11. The Morgan fingerprint density at radius 1 is 1.11 bits per heavy atom. The van der Waals surface area contributed by atoms with Crippen LogP contribution in [0.25, 0.3) is 0 Å².